The predicted molar refractivity (Wildman–Crippen MR) is 108 cm³/mol. The predicted octanol–water partition coefficient (Wildman–Crippen LogP) is 5.34. The number of nitrogens with one attached hydrogen (secondary N) is 1. The van der Waals surface area contributed by atoms with Crippen molar-refractivity contribution in [1.82, 2.24) is 9.89 Å². The molecule has 3 nitrogen and oxygen atoms in total. The van der Waals surface area contributed by atoms with Gasteiger partial charge in [0.2, 0.25) is 0 Å². The van der Waals surface area contributed by atoms with Crippen LogP contribution in [-0.2, 0) is 12.8 Å². The van der Waals surface area contributed by atoms with E-state index in [1.807, 2.05) is 31.2 Å². The third-order valence-electron chi connectivity index (χ3n) is 4.51. The van der Waals surface area contributed by atoms with E-state index >= 15 is 0 Å². The molecule has 0 aliphatic heterocycles. The Morgan fingerprint density at radius 3 is 2.62 bits per heavy atom. The topological polar surface area (TPSA) is 29.9 Å². The van der Waals surface area contributed by atoms with E-state index in [1.165, 1.54) is 11.6 Å². The molecule has 1 heterocycles. The van der Waals surface area contributed by atoms with Crippen LogP contribution in [0.5, 0.6) is 0 Å². The van der Waals surface area contributed by atoms with Gasteiger partial charge >= 0.3 is 0 Å². The Balaban J connectivity index is 1.51. The fraction of sp³-hybridized carbons (Fsp3) is 0.286. The van der Waals surface area contributed by atoms with Gasteiger partial charge in [-0.2, -0.15) is 9.89 Å². The third-order valence-corrected chi connectivity index (χ3v) is 4.70. The Bertz CT molecular complexity index is 860. The standard InChI is InChI=1S/C21H24FN3S/c1-16-14-19(25(23-16)24-26)11-4-2-3-8-17-9-7-10-18(15-17)20-12-5-6-13-21(20)22/h5-7,9-10,12-15,24,26H,2-4,8,11H2,1H3. The fourth-order valence-corrected chi connectivity index (χ4v) is 3.39. The number of thiol groups is 1. The normalized spacial score (nSPS) is 10.9. The highest BCUT2D eigenvalue weighted by Gasteiger charge is 2.06. The van der Waals surface area contributed by atoms with Crippen molar-refractivity contribution in [3.8, 4) is 11.1 Å². The molecule has 0 bridgehead atoms. The molecule has 3 aromatic rings. The van der Waals surface area contributed by atoms with Crippen LogP contribution in [0, 0.1) is 12.7 Å². The van der Waals surface area contributed by atoms with Crippen LogP contribution >= 0.6 is 12.8 Å². The molecule has 0 unspecified atom stereocenters. The van der Waals surface area contributed by atoms with Crippen LogP contribution in [-0.4, -0.2) is 9.89 Å². The summed E-state index contributed by atoms with van der Waals surface area (Å²) in [5.41, 5.74) is 5.01. The number of unbranched alkanes of at least 4 members (excludes halogenated alkanes) is 2. The molecular formula is C21H24FN3S. The molecule has 2 aromatic carbocycles. The minimum atomic E-state index is -0.172. The van der Waals surface area contributed by atoms with Crippen molar-refractivity contribution in [2.75, 3.05) is 4.83 Å². The number of aromatic nitrogens is 2. The average Bonchev–Trinajstić information content (AvgIpc) is 3.02. The quantitative estimate of drug-likeness (QED) is 0.414. The van der Waals surface area contributed by atoms with Crippen LogP contribution in [0.2, 0.25) is 0 Å². The highest BCUT2D eigenvalue weighted by Crippen LogP contribution is 2.24. The Kier molecular flexibility index (Phi) is 6.34. The summed E-state index contributed by atoms with van der Waals surface area (Å²) < 4.78 is 14.0. The van der Waals surface area contributed by atoms with Crippen LogP contribution in [0.4, 0.5) is 4.39 Å². The van der Waals surface area contributed by atoms with E-state index in [1.54, 1.807) is 10.9 Å². The molecular weight excluding hydrogens is 345 g/mol. The summed E-state index contributed by atoms with van der Waals surface area (Å²) in [5.74, 6) is -0.172. The maximum Gasteiger partial charge on any atom is 0.131 e. The molecule has 5 heteroatoms. The zero-order valence-electron chi connectivity index (χ0n) is 15.0. The maximum absolute atomic E-state index is 14.0. The molecule has 0 saturated carbocycles. The van der Waals surface area contributed by atoms with Crippen molar-refractivity contribution in [2.24, 2.45) is 0 Å². The Hall–Kier alpha value is -2.27. The molecule has 0 fully saturated rings. The van der Waals surface area contributed by atoms with Gasteiger partial charge in [0.15, 0.2) is 0 Å². The molecule has 26 heavy (non-hydrogen) atoms. The average molecular weight is 370 g/mol. The molecule has 136 valence electrons. The van der Waals surface area contributed by atoms with Gasteiger partial charge < -0.3 is 0 Å². The number of nitrogens with zero attached hydrogens (tertiary/aromatic N) is 2. The summed E-state index contributed by atoms with van der Waals surface area (Å²) in [6.45, 7) is 1.98. The molecule has 0 saturated heterocycles. The van der Waals surface area contributed by atoms with E-state index in [9.17, 15) is 4.39 Å². The second kappa shape index (κ2) is 8.90. The minimum absolute atomic E-state index is 0.172. The fourth-order valence-electron chi connectivity index (χ4n) is 3.22. The van der Waals surface area contributed by atoms with Gasteiger partial charge in [0.1, 0.15) is 5.82 Å². The molecule has 0 aliphatic rings. The van der Waals surface area contributed by atoms with Crippen LogP contribution < -0.4 is 4.83 Å². The van der Waals surface area contributed by atoms with E-state index in [4.69, 9.17) is 0 Å². The Morgan fingerprint density at radius 1 is 1.00 bits per heavy atom. The molecule has 1 N–H and O–H groups in total. The highest BCUT2D eigenvalue weighted by atomic mass is 32.1. The smallest absolute Gasteiger partial charge is 0.131 e. The summed E-state index contributed by atoms with van der Waals surface area (Å²) in [7, 11) is 0. The van der Waals surface area contributed by atoms with E-state index in [2.05, 4.69) is 40.9 Å². The number of halogens is 1. The molecule has 0 spiro atoms. The van der Waals surface area contributed by atoms with Crippen molar-refractivity contribution in [1.29, 1.82) is 0 Å². The Morgan fingerprint density at radius 2 is 1.81 bits per heavy atom. The highest BCUT2D eigenvalue weighted by molar-refractivity contribution is 7.81. The monoisotopic (exact) mass is 369 g/mol. The summed E-state index contributed by atoms with van der Waals surface area (Å²) in [6.07, 6.45) is 5.34. The summed E-state index contributed by atoms with van der Waals surface area (Å²) in [4.78, 5) is 4.50. The molecule has 0 amide bonds. The van der Waals surface area contributed by atoms with Crippen molar-refractivity contribution in [2.45, 2.75) is 39.0 Å². The van der Waals surface area contributed by atoms with Crippen LogP contribution in [0.15, 0.2) is 54.6 Å². The van der Waals surface area contributed by atoms with Gasteiger partial charge in [-0.15, -0.1) is 0 Å². The Labute approximate surface area is 159 Å². The summed E-state index contributed by atoms with van der Waals surface area (Å²) >= 11 is 4.07. The molecule has 0 aliphatic carbocycles. The van der Waals surface area contributed by atoms with Crippen LogP contribution in [0.25, 0.3) is 11.1 Å². The molecule has 0 atom stereocenters. The van der Waals surface area contributed by atoms with E-state index < -0.39 is 0 Å². The number of aryl methyl sites for hydroxylation is 3. The first-order chi connectivity index (χ1) is 12.7. The lowest BCUT2D eigenvalue weighted by Gasteiger charge is -2.07. The first-order valence-electron chi connectivity index (χ1n) is 8.97. The summed E-state index contributed by atoms with van der Waals surface area (Å²) in [6, 6.07) is 17.2. The lowest BCUT2D eigenvalue weighted by atomic mass is 9.99. The molecule has 3 rings (SSSR count). The third kappa shape index (κ3) is 4.67. The van der Waals surface area contributed by atoms with Crippen molar-refractivity contribution in [3.63, 3.8) is 0 Å². The van der Waals surface area contributed by atoms with Crippen LogP contribution in [0.3, 0.4) is 0 Å². The molecule has 1 aromatic heterocycles. The van der Waals surface area contributed by atoms with Gasteiger partial charge in [-0.1, -0.05) is 61.7 Å². The van der Waals surface area contributed by atoms with E-state index in [-0.39, 0.29) is 5.82 Å². The number of rotatable bonds is 8. The largest absolute Gasteiger partial charge is 0.255 e. The van der Waals surface area contributed by atoms with Crippen LogP contribution in [0.1, 0.15) is 36.2 Å². The second-order valence-corrected chi connectivity index (χ2v) is 6.73. The van der Waals surface area contributed by atoms with Crippen molar-refractivity contribution >= 4 is 12.8 Å². The number of benzene rings is 2. The lowest BCUT2D eigenvalue weighted by Crippen LogP contribution is -2.10. The first-order valence-corrected chi connectivity index (χ1v) is 9.41. The first kappa shape index (κ1) is 18.5. The number of hydrogen-bond donors (Lipinski definition) is 2. The van der Waals surface area contributed by atoms with E-state index in [0.29, 0.717) is 5.56 Å². The maximum atomic E-state index is 14.0. The number of hydrogen-bond acceptors (Lipinski definition) is 3. The van der Waals surface area contributed by atoms with E-state index in [0.717, 1.165) is 49.1 Å². The van der Waals surface area contributed by atoms with Crippen molar-refractivity contribution < 1.29 is 4.39 Å². The zero-order chi connectivity index (χ0) is 18.4. The van der Waals surface area contributed by atoms with Crippen molar-refractivity contribution in [3.05, 3.63) is 77.4 Å². The van der Waals surface area contributed by atoms with Gasteiger partial charge in [-0.3, -0.25) is 4.83 Å². The van der Waals surface area contributed by atoms with Gasteiger partial charge in [-0.05, 0) is 55.9 Å². The second-order valence-electron chi connectivity index (χ2n) is 6.53. The van der Waals surface area contributed by atoms with Gasteiger partial charge in [0, 0.05) is 5.56 Å². The minimum Gasteiger partial charge on any atom is -0.255 e. The zero-order valence-corrected chi connectivity index (χ0v) is 15.8. The van der Waals surface area contributed by atoms with Gasteiger partial charge in [-0.25, -0.2) is 4.39 Å². The lowest BCUT2D eigenvalue weighted by molar-refractivity contribution is 0.631. The summed E-state index contributed by atoms with van der Waals surface area (Å²) in [5, 5.41) is 4.32. The van der Waals surface area contributed by atoms with Gasteiger partial charge in [0.25, 0.3) is 0 Å². The van der Waals surface area contributed by atoms with Gasteiger partial charge in [0.05, 0.1) is 11.4 Å². The SMILES string of the molecule is Cc1cc(CCCCCc2cccc(-c3ccccc3F)c2)n(NS)n1. The molecule has 0 radical (unpaired) electrons.